The number of halogens is 3. The number of ether oxygens (including phenoxy) is 1. The number of pyridine rings is 1. The number of para-hydroxylation sites is 1. The van der Waals surface area contributed by atoms with Crippen molar-refractivity contribution in [2.75, 3.05) is 6.54 Å². The molecule has 7 heteroatoms. The lowest BCUT2D eigenvalue weighted by molar-refractivity contribution is -0.140. The van der Waals surface area contributed by atoms with Crippen LogP contribution >= 0.6 is 0 Å². The van der Waals surface area contributed by atoms with E-state index >= 15 is 0 Å². The Morgan fingerprint density at radius 2 is 1.92 bits per heavy atom. The van der Waals surface area contributed by atoms with Crippen LogP contribution < -0.4 is 10.1 Å². The van der Waals surface area contributed by atoms with Crippen molar-refractivity contribution in [2.45, 2.75) is 25.6 Å². The topological polar surface area (TPSA) is 51.2 Å². The van der Waals surface area contributed by atoms with Gasteiger partial charge in [0.05, 0.1) is 5.56 Å². The summed E-state index contributed by atoms with van der Waals surface area (Å²) >= 11 is 0. The zero-order valence-corrected chi connectivity index (χ0v) is 13.0. The van der Waals surface area contributed by atoms with E-state index in [1.807, 2.05) is 12.1 Å². The largest absolute Gasteiger partial charge is 0.480 e. The molecule has 1 N–H and O–H groups in total. The lowest BCUT2D eigenvalue weighted by Gasteiger charge is -2.18. The van der Waals surface area contributed by atoms with Gasteiger partial charge < -0.3 is 10.1 Å². The number of nitrogens with zero attached hydrogens (tertiary/aromatic N) is 1. The van der Waals surface area contributed by atoms with Crippen LogP contribution in [0.1, 0.15) is 18.2 Å². The quantitative estimate of drug-likeness (QED) is 0.880. The van der Waals surface area contributed by atoms with Crippen molar-refractivity contribution in [3.63, 3.8) is 0 Å². The van der Waals surface area contributed by atoms with Gasteiger partial charge in [-0.15, -0.1) is 0 Å². The van der Waals surface area contributed by atoms with Crippen molar-refractivity contribution in [1.29, 1.82) is 0 Å². The number of alkyl halides is 3. The van der Waals surface area contributed by atoms with Crippen LogP contribution in [0.4, 0.5) is 13.2 Å². The molecule has 0 unspecified atom stereocenters. The first-order valence-corrected chi connectivity index (χ1v) is 7.38. The first-order valence-electron chi connectivity index (χ1n) is 7.38. The second-order valence-electron chi connectivity index (χ2n) is 5.12. The molecule has 24 heavy (non-hydrogen) atoms. The number of nitrogens with one attached hydrogen (secondary N) is 1. The van der Waals surface area contributed by atoms with Gasteiger partial charge in [0.25, 0.3) is 5.91 Å². The average Bonchev–Trinajstić information content (AvgIpc) is 2.55. The highest BCUT2D eigenvalue weighted by molar-refractivity contribution is 5.80. The van der Waals surface area contributed by atoms with E-state index < -0.39 is 23.8 Å². The maximum atomic E-state index is 12.9. The van der Waals surface area contributed by atoms with Crippen molar-refractivity contribution >= 4 is 5.91 Å². The third-order valence-corrected chi connectivity index (χ3v) is 3.27. The van der Waals surface area contributed by atoms with E-state index in [1.54, 1.807) is 12.3 Å². The molecular formula is C17H17F3N2O2. The second-order valence-corrected chi connectivity index (χ2v) is 5.12. The highest BCUT2D eigenvalue weighted by Crippen LogP contribution is 2.36. The van der Waals surface area contributed by atoms with Crippen LogP contribution in [0.3, 0.4) is 0 Å². The van der Waals surface area contributed by atoms with E-state index in [-0.39, 0.29) is 5.75 Å². The second kappa shape index (κ2) is 7.81. The summed E-state index contributed by atoms with van der Waals surface area (Å²) in [5.41, 5.74) is -0.0908. The summed E-state index contributed by atoms with van der Waals surface area (Å²) in [6, 6.07) is 10.3. The maximum absolute atomic E-state index is 12.9. The molecule has 0 radical (unpaired) electrons. The minimum atomic E-state index is -4.54. The normalized spacial score (nSPS) is 12.5. The van der Waals surface area contributed by atoms with Crippen molar-refractivity contribution in [2.24, 2.45) is 0 Å². The van der Waals surface area contributed by atoms with E-state index in [0.29, 0.717) is 13.0 Å². The number of amides is 1. The van der Waals surface area contributed by atoms with Gasteiger partial charge in [0, 0.05) is 24.9 Å². The fourth-order valence-electron chi connectivity index (χ4n) is 2.05. The third kappa shape index (κ3) is 4.97. The van der Waals surface area contributed by atoms with Crippen molar-refractivity contribution in [3.8, 4) is 5.75 Å². The van der Waals surface area contributed by atoms with Crippen LogP contribution in [-0.4, -0.2) is 23.5 Å². The molecule has 1 aromatic carbocycles. The molecule has 1 atom stereocenters. The Morgan fingerprint density at radius 3 is 2.58 bits per heavy atom. The lowest BCUT2D eigenvalue weighted by atomic mass is 10.2. The predicted octanol–water partition coefficient (Wildman–Crippen LogP) is 3.23. The van der Waals surface area contributed by atoms with Gasteiger partial charge in [-0.2, -0.15) is 13.2 Å². The number of carbonyl (C=O) groups is 1. The smallest absolute Gasteiger partial charge is 0.419 e. The molecule has 1 amide bonds. The molecule has 4 nitrogen and oxygen atoms in total. The summed E-state index contributed by atoms with van der Waals surface area (Å²) in [6.07, 6.45) is -3.40. The molecule has 128 valence electrons. The summed E-state index contributed by atoms with van der Waals surface area (Å²) in [6.45, 7) is 1.73. The van der Waals surface area contributed by atoms with Crippen LogP contribution in [0.2, 0.25) is 0 Å². The standard InChI is InChI=1S/C17H17F3N2O2/c1-12(16(23)22-11-9-13-6-4-5-10-21-13)24-15-8-3-2-7-14(15)17(18,19)20/h2-8,10,12H,9,11H2,1H3,(H,22,23)/t12-/m0/s1. The van der Waals surface area contributed by atoms with E-state index in [1.165, 1.54) is 25.1 Å². The Morgan fingerprint density at radius 1 is 1.21 bits per heavy atom. The summed E-state index contributed by atoms with van der Waals surface area (Å²) in [5.74, 6) is -0.847. The maximum Gasteiger partial charge on any atom is 0.419 e. The Hall–Kier alpha value is -2.57. The molecule has 2 rings (SSSR count). The molecular weight excluding hydrogens is 321 g/mol. The van der Waals surface area contributed by atoms with E-state index in [0.717, 1.165) is 11.8 Å². The van der Waals surface area contributed by atoms with E-state index in [4.69, 9.17) is 4.74 Å². The van der Waals surface area contributed by atoms with Crippen molar-refractivity contribution in [3.05, 3.63) is 59.9 Å². The van der Waals surface area contributed by atoms with Crippen molar-refractivity contribution in [1.82, 2.24) is 10.3 Å². The van der Waals surface area contributed by atoms with Gasteiger partial charge in [-0.1, -0.05) is 18.2 Å². The Kier molecular flexibility index (Phi) is 5.78. The third-order valence-electron chi connectivity index (χ3n) is 3.27. The Labute approximate surface area is 137 Å². The molecule has 0 fully saturated rings. The number of hydrogen-bond donors (Lipinski definition) is 1. The molecule has 0 spiro atoms. The molecule has 1 heterocycles. The Bertz CT molecular complexity index is 675. The average molecular weight is 338 g/mol. The van der Waals surface area contributed by atoms with Crippen LogP contribution in [0, 0.1) is 0 Å². The molecule has 0 aliphatic rings. The first-order chi connectivity index (χ1) is 11.4. The first kappa shape index (κ1) is 17.8. The van der Waals surface area contributed by atoms with Gasteiger partial charge in [0.15, 0.2) is 6.10 Å². The minimum absolute atomic E-state index is 0.324. The van der Waals surface area contributed by atoms with Gasteiger partial charge in [0.1, 0.15) is 5.75 Å². The monoisotopic (exact) mass is 338 g/mol. The van der Waals surface area contributed by atoms with Crippen LogP contribution in [-0.2, 0) is 17.4 Å². The zero-order valence-electron chi connectivity index (χ0n) is 13.0. The summed E-state index contributed by atoms with van der Waals surface area (Å²) in [5, 5.41) is 2.62. The van der Waals surface area contributed by atoms with Crippen LogP contribution in [0.5, 0.6) is 5.75 Å². The number of rotatable bonds is 6. The SMILES string of the molecule is C[C@H](Oc1ccccc1C(F)(F)F)C(=O)NCCc1ccccn1. The van der Waals surface area contributed by atoms with Gasteiger partial charge in [0.2, 0.25) is 0 Å². The Balaban J connectivity index is 1.90. The number of benzene rings is 1. The zero-order chi connectivity index (χ0) is 17.6. The van der Waals surface area contributed by atoms with Gasteiger partial charge >= 0.3 is 6.18 Å². The van der Waals surface area contributed by atoms with Gasteiger partial charge in [-0.3, -0.25) is 9.78 Å². The number of aromatic nitrogens is 1. The molecule has 0 aliphatic heterocycles. The highest BCUT2D eigenvalue weighted by Gasteiger charge is 2.34. The van der Waals surface area contributed by atoms with E-state index in [2.05, 4.69) is 10.3 Å². The molecule has 0 saturated heterocycles. The minimum Gasteiger partial charge on any atom is -0.480 e. The predicted molar refractivity (Wildman–Crippen MR) is 82.5 cm³/mol. The summed E-state index contributed by atoms with van der Waals surface area (Å²) < 4.78 is 43.9. The summed E-state index contributed by atoms with van der Waals surface area (Å²) in [4.78, 5) is 16.1. The molecule has 0 saturated carbocycles. The molecule has 0 aliphatic carbocycles. The van der Waals surface area contributed by atoms with Gasteiger partial charge in [-0.05, 0) is 31.2 Å². The number of hydrogen-bond acceptors (Lipinski definition) is 3. The van der Waals surface area contributed by atoms with E-state index in [9.17, 15) is 18.0 Å². The number of carbonyl (C=O) groups excluding carboxylic acids is 1. The lowest BCUT2D eigenvalue weighted by Crippen LogP contribution is -2.37. The highest BCUT2D eigenvalue weighted by atomic mass is 19.4. The van der Waals surface area contributed by atoms with Crippen LogP contribution in [0.25, 0.3) is 0 Å². The molecule has 1 aromatic heterocycles. The fourth-order valence-corrected chi connectivity index (χ4v) is 2.05. The van der Waals surface area contributed by atoms with Crippen molar-refractivity contribution < 1.29 is 22.7 Å². The van der Waals surface area contributed by atoms with Gasteiger partial charge in [-0.25, -0.2) is 0 Å². The fraction of sp³-hybridized carbons (Fsp3) is 0.294. The molecule has 2 aromatic rings. The van der Waals surface area contributed by atoms with Crippen LogP contribution in [0.15, 0.2) is 48.7 Å². The molecule has 0 bridgehead atoms. The summed E-state index contributed by atoms with van der Waals surface area (Å²) in [7, 11) is 0.